The van der Waals surface area contributed by atoms with Gasteiger partial charge >= 0.3 is 0 Å². The average Bonchev–Trinajstić information content (AvgIpc) is 3.80. The molecule has 0 atom stereocenters. The zero-order chi connectivity index (χ0) is 34.2. The van der Waals surface area contributed by atoms with E-state index >= 15 is 0 Å². The van der Waals surface area contributed by atoms with Crippen LogP contribution in [0.2, 0.25) is 0 Å². The van der Waals surface area contributed by atoms with E-state index in [0.29, 0.717) is 17.5 Å². The number of thiophene rings is 1. The summed E-state index contributed by atoms with van der Waals surface area (Å²) in [7, 11) is 0. The summed E-state index contributed by atoms with van der Waals surface area (Å²) < 4.78 is 9.16. The van der Waals surface area contributed by atoms with E-state index in [1.807, 2.05) is 41.7 Å². The lowest BCUT2D eigenvalue weighted by Gasteiger charge is -2.13. The van der Waals surface area contributed by atoms with Gasteiger partial charge in [0.15, 0.2) is 17.5 Å². The highest BCUT2D eigenvalue weighted by Crippen LogP contribution is 2.46. The smallest absolute Gasteiger partial charge is 0.164 e. The maximum atomic E-state index is 6.62. The van der Waals surface area contributed by atoms with E-state index in [1.54, 1.807) is 0 Å². The van der Waals surface area contributed by atoms with Crippen LogP contribution in [0.4, 0.5) is 0 Å². The fourth-order valence-corrected chi connectivity index (χ4v) is 9.04. The van der Waals surface area contributed by atoms with E-state index in [4.69, 9.17) is 19.4 Å². The van der Waals surface area contributed by atoms with Crippen LogP contribution in [-0.4, -0.2) is 15.0 Å². The van der Waals surface area contributed by atoms with Crippen molar-refractivity contribution in [3.05, 3.63) is 164 Å². The molecule has 3 heterocycles. The Morgan fingerprint density at radius 1 is 0.385 bits per heavy atom. The molecular weight excluding hydrogens is 655 g/mol. The van der Waals surface area contributed by atoms with E-state index in [0.717, 1.165) is 55.0 Å². The predicted molar refractivity (Wildman–Crippen MR) is 217 cm³/mol. The third kappa shape index (κ3) is 4.43. The molecule has 11 aromatic rings. The number of benzene rings is 8. The van der Waals surface area contributed by atoms with Gasteiger partial charge in [0.25, 0.3) is 0 Å². The summed E-state index contributed by atoms with van der Waals surface area (Å²) in [6.07, 6.45) is 0. The number of hydrogen-bond acceptors (Lipinski definition) is 5. The molecular formula is C47H27N3OS. The van der Waals surface area contributed by atoms with E-state index in [-0.39, 0.29) is 0 Å². The van der Waals surface area contributed by atoms with Crippen LogP contribution >= 0.6 is 11.3 Å². The summed E-state index contributed by atoms with van der Waals surface area (Å²) >= 11 is 1.84. The Hall–Kier alpha value is -6.69. The molecule has 0 saturated heterocycles. The van der Waals surface area contributed by atoms with Crippen LogP contribution in [-0.2, 0) is 0 Å². The van der Waals surface area contributed by atoms with Crippen molar-refractivity contribution in [2.24, 2.45) is 0 Å². The number of aromatic nitrogens is 3. The second kappa shape index (κ2) is 11.4. The van der Waals surface area contributed by atoms with Crippen molar-refractivity contribution in [1.29, 1.82) is 0 Å². The molecule has 4 nitrogen and oxygen atoms in total. The van der Waals surface area contributed by atoms with Gasteiger partial charge in [-0.15, -0.1) is 11.3 Å². The van der Waals surface area contributed by atoms with Crippen LogP contribution in [0.3, 0.4) is 0 Å². The minimum atomic E-state index is 0.601. The minimum absolute atomic E-state index is 0.601. The van der Waals surface area contributed by atoms with E-state index in [2.05, 4.69) is 133 Å². The number of hydrogen-bond donors (Lipinski definition) is 0. The van der Waals surface area contributed by atoms with Gasteiger partial charge in [-0.25, -0.2) is 15.0 Å². The third-order valence-electron chi connectivity index (χ3n) is 10.1. The monoisotopic (exact) mass is 681 g/mol. The van der Waals surface area contributed by atoms with Crippen molar-refractivity contribution in [3.8, 4) is 45.3 Å². The zero-order valence-corrected chi connectivity index (χ0v) is 28.6. The number of fused-ring (bicyclic) bond motifs is 9. The minimum Gasteiger partial charge on any atom is -0.456 e. The summed E-state index contributed by atoms with van der Waals surface area (Å²) in [6.45, 7) is 0. The molecule has 0 N–H and O–H groups in total. The molecule has 0 aliphatic rings. The highest BCUT2D eigenvalue weighted by atomic mass is 32.1. The van der Waals surface area contributed by atoms with Crippen LogP contribution < -0.4 is 0 Å². The summed E-state index contributed by atoms with van der Waals surface area (Å²) in [4.78, 5) is 15.7. The quantitative estimate of drug-likeness (QED) is 0.174. The third-order valence-corrected chi connectivity index (χ3v) is 11.4. The lowest BCUT2D eigenvalue weighted by Crippen LogP contribution is -2.01. The SMILES string of the molecule is c1ccc(-c2nc(-c3cc4ccccc4c4ccccc34)nc(-c3cccc4oc5cccc(-c6cccc7c6sc6ccccc67)c5c34)n2)cc1. The Morgan fingerprint density at radius 2 is 0.962 bits per heavy atom. The second-order valence-corrected chi connectivity index (χ2v) is 14.2. The molecule has 52 heavy (non-hydrogen) atoms. The fraction of sp³-hybridized carbons (Fsp3) is 0. The topological polar surface area (TPSA) is 51.8 Å². The number of nitrogens with zero attached hydrogens (tertiary/aromatic N) is 3. The van der Waals surface area contributed by atoms with E-state index < -0.39 is 0 Å². The highest BCUT2D eigenvalue weighted by molar-refractivity contribution is 7.26. The normalized spacial score (nSPS) is 11.8. The van der Waals surface area contributed by atoms with E-state index in [1.165, 1.54) is 36.5 Å². The van der Waals surface area contributed by atoms with Crippen LogP contribution in [0.1, 0.15) is 0 Å². The maximum absolute atomic E-state index is 6.62. The van der Waals surface area contributed by atoms with Gasteiger partial charge in [-0.05, 0) is 51.4 Å². The molecule has 0 unspecified atom stereocenters. The largest absolute Gasteiger partial charge is 0.456 e. The van der Waals surface area contributed by atoms with Crippen LogP contribution in [0.25, 0.3) is 109 Å². The lowest BCUT2D eigenvalue weighted by atomic mass is 9.95. The molecule has 0 spiro atoms. The van der Waals surface area contributed by atoms with Crippen LogP contribution in [0.15, 0.2) is 168 Å². The molecule has 5 heteroatoms. The van der Waals surface area contributed by atoms with Gasteiger partial charge in [0.2, 0.25) is 0 Å². The number of furan rings is 1. The van der Waals surface area contributed by atoms with Crippen molar-refractivity contribution in [2.75, 3.05) is 0 Å². The fourth-order valence-electron chi connectivity index (χ4n) is 7.81. The van der Waals surface area contributed by atoms with Crippen LogP contribution in [0.5, 0.6) is 0 Å². The Morgan fingerprint density at radius 3 is 1.79 bits per heavy atom. The zero-order valence-electron chi connectivity index (χ0n) is 27.7. The molecule has 11 rings (SSSR count). The maximum Gasteiger partial charge on any atom is 0.164 e. The first-order valence-corrected chi connectivity index (χ1v) is 18.2. The number of rotatable bonds is 4. The Labute approximate surface area is 302 Å². The average molecular weight is 682 g/mol. The van der Waals surface area contributed by atoms with Crippen molar-refractivity contribution >= 4 is 75.0 Å². The highest BCUT2D eigenvalue weighted by Gasteiger charge is 2.22. The predicted octanol–water partition coefficient (Wildman–Crippen LogP) is 13.1. The molecule has 0 fully saturated rings. The summed E-state index contributed by atoms with van der Waals surface area (Å²) in [6, 6.07) is 57.2. The second-order valence-electron chi connectivity index (χ2n) is 13.1. The molecule has 0 bridgehead atoms. The standard InChI is InChI=1S/C47H27N3OS/c1-2-13-28(14-3-1)45-48-46(50-47(49-45)38-27-29-15-4-5-16-30(29)31-17-6-7-18-32(31)38)37-23-12-25-40-43(37)42-34(20-11-24-39(42)51-40)36-22-10-21-35-33-19-8-9-26-41(33)52-44(35)36/h1-27H. The van der Waals surface area contributed by atoms with E-state index in [9.17, 15) is 0 Å². The molecule has 0 aliphatic heterocycles. The first-order valence-electron chi connectivity index (χ1n) is 17.4. The Kier molecular flexibility index (Phi) is 6.39. The van der Waals surface area contributed by atoms with Gasteiger partial charge in [0.05, 0.1) is 0 Å². The van der Waals surface area contributed by atoms with Gasteiger partial charge < -0.3 is 4.42 Å². The van der Waals surface area contributed by atoms with Gasteiger partial charge in [-0.3, -0.25) is 0 Å². The lowest BCUT2D eigenvalue weighted by molar-refractivity contribution is 0.669. The molecule has 8 aromatic carbocycles. The molecule has 0 aliphatic carbocycles. The van der Waals surface area contributed by atoms with Gasteiger partial charge in [-0.2, -0.15) is 0 Å². The van der Waals surface area contributed by atoms with Crippen molar-refractivity contribution in [2.45, 2.75) is 0 Å². The molecule has 0 saturated carbocycles. The molecule has 0 amide bonds. The summed E-state index contributed by atoms with van der Waals surface area (Å²) in [5.74, 6) is 1.85. The van der Waals surface area contributed by atoms with Gasteiger partial charge in [0.1, 0.15) is 11.2 Å². The first-order chi connectivity index (χ1) is 25.8. The van der Waals surface area contributed by atoms with Crippen molar-refractivity contribution in [3.63, 3.8) is 0 Å². The Bertz CT molecular complexity index is 3200. The Balaban J connectivity index is 1.21. The molecule has 3 aromatic heterocycles. The van der Waals surface area contributed by atoms with Gasteiger partial charge in [-0.1, -0.05) is 140 Å². The molecule has 0 radical (unpaired) electrons. The molecule has 242 valence electrons. The van der Waals surface area contributed by atoms with Crippen LogP contribution in [0, 0.1) is 0 Å². The first kappa shape index (κ1) is 29.1. The summed E-state index contributed by atoms with van der Waals surface area (Å²) in [5.41, 5.74) is 6.73. The van der Waals surface area contributed by atoms with Crippen molar-refractivity contribution in [1.82, 2.24) is 15.0 Å². The summed E-state index contributed by atoms with van der Waals surface area (Å²) in [5, 5.41) is 9.20. The van der Waals surface area contributed by atoms with Gasteiger partial charge in [0, 0.05) is 53.2 Å². The van der Waals surface area contributed by atoms with Crippen molar-refractivity contribution < 1.29 is 4.42 Å².